The van der Waals surface area contributed by atoms with E-state index in [9.17, 15) is 0 Å². The summed E-state index contributed by atoms with van der Waals surface area (Å²) in [6.07, 6.45) is 0. The Morgan fingerprint density at radius 2 is 0.667 bits per heavy atom. The van der Waals surface area contributed by atoms with Crippen molar-refractivity contribution in [2.45, 2.75) is 0 Å². The minimum Gasteiger partial charge on any atom is 0 e. The molecular weight excluding hydrogens is 275 g/mol. The monoisotopic (exact) mass is 274 g/mol. The first-order chi connectivity index (χ1) is 1.00. The maximum Gasteiger partial charge on any atom is 0 e. The molecule has 0 saturated heterocycles. The second-order valence-electron chi connectivity index (χ2n) is 0. The first-order valence-electron chi connectivity index (χ1n) is 0.500. The van der Waals surface area contributed by atoms with E-state index in [2.05, 4.69) is 0 Å². The molecule has 0 bridgehead atoms. The van der Waals surface area contributed by atoms with Crippen LogP contribution in [0.3, 0.4) is 0 Å². The maximum absolute atomic E-state index is 1.89. The predicted molar refractivity (Wildman–Crippen MR) is 23.0 cm³/mol. The predicted octanol–water partition coefficient (Wildman–Crippen LogP) is -1.53. The van der Waals surface area contributed by atoms with E-state index in [1.807, 2.05) is 36.1 Å². The van der Waals surface area contributed by atoms with Crippen LogP contribution in [0.25, 0.3) is 0 Å². The fourth-order valence-electron chi connectivity index (χ4n) is 0. The molecule has 0 spiro atoms. The first kappa shape index (κ1) is 30.2. The molecule has 0 unspecified atom stereocenters. The number of hydrogen-bond donors (Lipinski definition) is 0. The summed E-state index contributed by atoms with van der Waals surface area (Å²) in [6, 6.07) is 0. The smallest absolute Gasteiger partial charge is 0 e. The van der Waals surface area contributed by atoms with Gasteiger partial charge in [-0.25, -0.2) is 0 Å². The fourth-order valence-corrected chi connectivity index (χ4v) is 0. The summed E-state index contributed by atoms with van der Waals surface area (Å²) < 4.78 is 0. The molecule has 0 amide bonds. The van der Waals surface area contributed by atoms with Crippen LogP contribution in [-0.2, 0) is 65.4 Å². The summed E-state index contributed by atoms with van der Waals surface area (Å²) in [7, 11) is 0. The van der Waals surface area contributed by atoms with Crippen LogP contribution in [0.1, 0.15) is 0 Å². The average Bonchev–Trinajstić information content (AvgIpc) is 1.00. The molecule has 0 aliphatic carbocycles. The summed E-state index contributed by atoms with van der Waals surface area (Å²) in [6.45, 7) is 0. The second-order valence-corrected chi connectivity index (χ2v) is 0. The van der Waals surface area contributed by atoms with Crippen molar-refractivity contribution in [1.29, 1.82) is 0 Å². The Balaban J connectivity index is -0.000000000833. The van der Waals surface area contributed by atoms with Crippen LogP contribution < -0.4 is 0 Å². The molecule has 0 N–H and O–H groups in total. The Labute approximate surface area is 143 Å². The van der Waals surface area contributed by atoms with Gasteiger partial charge in [-0.1, -0.05) is 0 Å². The van der Waals surface area contributed by atoms with E-state index in [4.69, 9.17) is 0 Å². The van der Waals surface area contributed by atoms with Gasteiger partial charge in [0.1, 0.15) is 0 Å². The molecule has 0 aliphatic heterocycles. The first-order valence-corrected chi connectivity index (χ1v) is 4.50. The molecule has 0 aromatic heterocycles. The van der Waals surface area contributed by atoms with E-state index in [-0.39, 0.29) is 112 Å². The van der Waals surface area contributed by atoms with E-state index in [1.165, 1.54) is 0 Å². The van der Waals surface area contributed by atoms with Crippen molar-refractivity contribution >= 4 is 82.2 Å². The van der Waals surface area contributed by atoms with Gasteiger partial charge in [-0.3, -0.25) is 0 Å². The van der Waals surface area contributed by atoms with E-state index in [0.29, 0.717) is 0 Å². The van der Waals surface area contributed by atoms with Gasteiger partial charge in [0.15, 0.2) is 0 Å². The van der Waals surface area contributed by atoms with Crippen molar-refractivity contribution < 1.29 is 65.4 Å². The summed E-state index contributed by atoms with van der Waals surface area (Å²) >= 11 is 3.78. The Morgan fingerprint density at radius 1 is 0.667 bits per heavy atom. The Bertz CT molecular complexity index is 5.51. The molecule has 0 atom stereocenters. The van der Waals surface area contributed by atoms with Gasteiger partial charge in [0, 0.05) is 148 Å². The van der Waals surface area contributed by atoms with Crippen molar-refractivity contribution in [2.75, 3.05) is 0 Å². The molecule has 0 aromatic carbocycles. The molecule has 0 aromatic rings. The molecule has 6 heteroatoms. The zero-order valence-electron chi connectivity index (χ0n) is 3.98. The van der Waals surface area contributed by atoms with E-state index < -0.39 is 0 Å². The topological polar surface area (TPSA) is 0 Å². The third-order valence-electron chi connectivity index (χ3n) is 0. The minimum atomic E-state index is 0. The molecule has 0 rings (SSSR count). The summed E-state index contributed by atoms with van der Waals surface area (Å²) in [5, 5.41) is 0. The minimum absolute atomic E-state index is 0. The van der Waals surface area contributed by atoms with Crippen LogP contribution in [0.4, 0.5) is 0 Å². The summed E-state index contributed by atoms with van der Waals surface area (Å²) in [4.78, 5) is 0. The van der Waals surface area contributed by atoms with E-state index >= 15 is 0 Å². The van der Waals surface area contributed by atoms with Crippen LogP contribution in [0.2, 0.25) is 0 Å². The SMILES string of the molecule is [Mg].[Mg].[Mg][Mg].[Y].[Y]. The summed E-state index contributed by atoms with van der Waals surface area (Å²) in [5.74, 6) is 0. The Hall–Kier alpha value is 5.27. The molecule has 6 heavy (non-hydrogen) atoms. The molecule has 0 nitrogen and oxygen atoms in total. The van der Waals surface area contributed by atoms with Crippen molar-refractivity contribution in [1.82, 2.24) is 0 Å². The van der Waals surface area contributed by atoms with Gasteiger partial charge in [-0.15, -0.1) is 0 Å². The van der Waals surface area contributed by atoms with Crippen LogP contribution in [0.15, 0.2) is 0 Å². The molecule has 0 aliphatic rings. The zero-order valence-corrected chi connectivity index (χ0v) is 15.3. The third kappa shape index (κ3) is 22.8. The van der Waals surface area contributed by atoms with Crippen molar-refractivity contribution in [3.8, 4) is 0 Å². The molecule has 0 fully saturated rings. The quantitative estimate of drug-likeness (QED) is 0.471. The normalized spacial score (nSPS) is 0.333. The zero-order chi connectivity index (χ0) is 2.00. The molecule has 14 valence electrons. The molecule has 0 saturated carbocycles. The fraction of sp³-hybridized carbons (Fsp3) is 0. The largest absolute Gasteiger partial charge is 0 e. The number of hydrogen-bond acceptors (Lipinski definition) is 0. The third-order valence-corrected chi connectivity index (χ3v) is 0. The molecular formula is Mg4Y2. The van der Waals surface area contributed by atoms with Crippen molar-refractivity contribution in [2.24, 2.45) is 0 Å². The van der Waals surface area contributed by atoms with E-state index in [1.54, 1.807) is 0 Å². The van der Waals surface area contributed by atoms with Gasteiger partial charge in [0.05, 0.1) is 0 Å². The summed E-state index contributed by atoms with van der Waals surface area (Å²) in [5.41, 5.74) is 0. The van der Waals surface area contributed by atoms with Crippen molar-refractivity contribution in [3.63, 3.8) is 0 Å². The van der Waals surface area contributed by atoms with Gasteiger partial charge in [-0.05, 0) is 0 Å². The second kappa shape index (κ2) is 31.8. The average molecular weight is 275 g/mol. The van der Waals surface area contributed by atoms with E-state index in [0.717, 1.165) is 0 Å². The van der Waals surface area contributed by atoms with Crippen LogP contribution in [0, 0.1) is 0 Å². The Morgan fingerprint density at radius 3 is 0.667 bits per heavy atom. The van der Waals surface area contributed by atoms with Crippen LogP contribution >= 0.6 is 0 Å². The maximum atomic E-state index is 1.89. The number of rotatable bonds is 0. The standard InChI is InChI=1S/4Mg.2Y. The van der Waals surface area contributed by atoms with Gasteiger partial charge in [-0.2, -0.15) is 0 Å². The van der Waals surface area contributed by atoms with Gasteiger partial charge in [0.25, 0.3) is 0 Å². The van der Waals surface area contributed by atoms with Gasteiger partial charge in [0.2, 0.25) is 0 Å². The van der Waals surface area contributed by atoms with Gasteiger partial charge < -0.3 is 0 Å². The van der Waals surface area contributed by atoms with Gasteiger partial charge >= 0.3 is 0 Å². The molecule has 8 radical (unpaired) electrons. The van der Waals surface area contributed by atoms with Crippen molar-refractivity contribution in [3.05, 3.63) is 0 Å². The Kier molecular flexibility index (Phi) is 160. The van der Waals surface area contributed by atoms with Crippen LogP contribution in [0.5, 0.6) is 0 Å². The van der Waals surface area contributed by atoms with Crippen LogP contribution in [-0.4, -0.2) is 82.2 Å². The molecule has 0 heterocycles.